The summed E-state index contributed by atoms with van der Waals surface area (Å²) in [6.07, 6.45) is 4.01. The fraction of sp³-hybridized carbons (Fsp3) is 0.316. The van der Waals surface area contributed by atoms with Crippen molar-refractivity contribution in [1.82, 2.24) is 14.5 Å². The molecule has 0 spiro atoms. The molecule has 2 atom stereocenters. The molecule has 1 heterocycles. The lowest BCUT2D eigenvalue weighted by molar-refractivity contribution is -0.126. The standard InChI is InChI=1S/C38H41ClN4O5S/c1-40-37(46)38(25-35(38)30-8-6-10-33(24-30)41-19-22-42-20-3-2-4-21-42)43(26-27-7-5-9-31(23-27)36(44)45)49(47,48)34-17-13-29(14-18-34)28-11-15-32(39)16-12-28/h5-18,23-24,35,41H,2-4,19-22,25-26H2,1H3,(H,40,46)(H,44,45)/t35-,38-/m1/s1. The van der Waals surface area contributed by atoms with Gasteiger partial charge in [0.1, 0.15) is 5.54 Å². The number of piperidine rings is 1. The highest BCUT2D eigenvalue weighted by atomic mass is 35.5. The largest absolute Gasteiger partial charge is 0.478 e. The first-order chi connectivity index (χ1) is 23.6. The molecule has 49 heavy (non-hydrogen) atoms. The highest BCUT2D eigenvalue weighted by molar-refractivity contribution is 7.89. The molecule has 3 N–H and O–H groups in total. The van der Waals surface area contributed by atoms with Crippen molar-refractivity contribution in [2.75, 3.05) is 38.5 Å². The van der Waals surface area contributed by atoms with E-state index in [4.69, 9.17) is 11.6 Å². The maximum Gasteiger partial charge on any atom is 0.335 e. The molecule has 4 aromatic rings. The van der Waals surface area contributed by atoms with Crippen molar-refractivity contribution in [1.29, 1.82) is 0 Å². The highest BCUT2D eigenvalue weighted by Gasteiger charge is 2.67. The number of rotatable bonds is 13. The number of benzene rings is 4. The molecule has 1 aliphatic heterocycles. The molecule has 1 amide bonds. The van der Waals surface area contributed by atoms with E-state index in [0.29, 0.717) is 10.6 Å². The van der Waals surface area contributed by atoms with Crippen molar-refractivity contribution in [3.63, 3.8) is 0 Å². The summed E-state index contributed by atoms with van der Waals surface area (Å²) in [5.41, 5.74) is 2.51. The van der Waals surface area contributed by atoms with Crippen LogP contribution in [0.3, 0.4) is 0 Å². The number of carboxylic acid groups (broad SMARTS) is 1. The molecule has 0 bridgehead atoms. The molecule has 2 fully saturated rings. The number of amides is 1. The second-order valence-corrected chi connectivity index (χ2v) is 15.1. The maximum absolute atomic E-state index is 14.7. The van der Waals surface area contributed by atoms with Crippen LogP contribution in [-0.4, -0.2) is 73.4 Å². The first-order valence-corrected chi connectivity index (χ1v) is 18.4. The number of likely N-dealkylation sites (N-methyl/N-ethyl adjacent to an activating group) is 1. The second kappa shape index (κ2) is 14.7. The summed E-state index contributed by atoms with van der Waals surface area (Å²) in [5.74, 6) is -1.97. The van der Waals surface area contributed by atoms with Gasteiger partial charge in [0.2, 0.25) is 15.9 Å². The summed E-state index contributed by atoms with van der Waals surface area (Å²) in [5, 5.41) is 16.5. The molecular weight excluding hydrogens is 660 g/mol. The Bertz CT molecular complexity index is 1910. The van der Waals surface area contributed by atoms with E-state index in [9.17, 15) is 23.1 Å². The van der Waals surface area contributed by atoms with E-state index in [0.717, 1.165) is 48.6 Å². The number of nitrogens with zero attached hydrogens (tertiary/aromatic N) is 2. The number of hydrogen-bond acceptors (Lipinski definition) is 6. The van der Waals surface area contributed by atoms with Crippen molar-refractivity contribution < 1.29 is 23.1 Å². The topological polar surface area (TPSA) is 119 Å². The van der Waals surface area contributed by atoms with E-state index in [1.54, 1.807) is 48.5 Å². The number of carbonyl (C=O) groups is 2. The van der Waals surface area contributed by atoms with Crippen LogP contribution in [0, 0.1) is 0 Å². The van der Waals surface area contributed by atoms with Gasteiger partial charge in [-0.25, -0.2) is 13.2 Å². The molecule has 11 heteroatoms. The minimum atomic E-state index is -4.28. The molecule has 2 aliphatic rings. The summed E-state index contributed by atoms with van der Waals surface area (Å²) in [4.78, 5) is 28.2. The van der Waals surface area contributed by atoms with Gasteiger partial charge in [-0.15, -0.1) is 0 Å². The number of sulfonamides is 1. The third kappa shape index (κ3) is 7.52. The van der Waals surface area contributed by atoms with E-state index in [1.807, 2.05) is 36.4 Å². The van der Waals surface area contributed by atoms with Gasteiger partial charge in [0.15, 0.2) is 0 Å². The van der Waals surface area contributed by atoms with E-state index in [-0.39, 0.29) is 23.4 Å². The Kier molecular flexibility index (Phi) is 10.4. The Labute approximate surface area is 293 Å². The minimum absolute atomic E-state index is 0.0293. The van der Waals surface area contributed by atoms with Crippen LogP contribution in [0.2, 0.25) is 5.02 Å². The van der Waals surface area contributed by atoms with Gasteiger partial charge in [-0.05, 0) is 103 Å². The smallest absolute Gasteiger partial charge is 0.335 e. The van der Waals surface area contributed by atoms with Gasteiger partial charge in [-0.1, -0.05) is 66.6 Å². The van der Waals surface area contributed by atoms with E-state index in [1.165, 1.54) is 42.7 Å². The monoisotopic (exact) mass is 700 g/mol. The molecule has 1 saturated carbocycles. The number of carbonyl (C=O) groups excluding carboxylic acids is 1. The van der Waals surface area contributed by atoms with Crippen molar-refractivity contribution in [3.05, 3.63) is 119 Å². The zero-order valence-electron chi connectivity index (χ0n) is 27.4. The number of anilines is 1. The van der Waals surface area contributed by atoms with Gasteiger partial charge >= 0.3 is 5.97 Å². The fourth-order valence-electron chi connectivity index (χ4n) is 6.91. The molecule has 1 aliphatic carbocycles. The van der Waals surface area contributed by atoms with Gasteiger partial charge < -0.3 is 20.6 Å². The second-order valence-electron chi connectivity index (χ2n) is 12.8. The van der Waals surface area contributed by atoms with Crippen LogP contribution < -0.4 is 10.6 Å². The SMILES string of the molecule is CNC(=O)[C@@]1(N(Cc2cccc(C(=O)O)c2)S(=O)(=O)c2ccc(-c3ccc(Cl)cc3)cc2)C[C@@H]1c1cccc(NCCN2CCCCC2)c1. The summed E-state index contributed by atoms with van der Waals surface area (Å²) in [7, 11) is -2.77. The molecule has 0 aromatic heterocycles. The summed E-state index contributed by atoms with van der Waals surface area (Å²) in [6.45, 7) is 3.75. The normalized spacial score (nSPS) is 19.4. The molecule has 9 nitrogen and oxygen atoms in total. The maximum atomic E-state index is 14.7. The number of halogens is 1. The zero-order valence-corrected chi connectivity index (χ0v) is 29.0. The quantitative estimate of drug-likeness (QED) is 0.146. The third-order valence-electron chi connectivity index (χ3n) is 9.61. The Morgan fingerprint density at radius 3 is 2.27 bits per heavy atom. The van der Waals surface area contributed by atoms with Crippen LogP contribution in [0.5, 0.6) is 0 Å². The van der Waals surface area contributed by atoms with E-state index >= 15 is 0 Å². The molecule has 4 aromatic carbocycles. The molecular formula is C38H41ClN4O5S. The van der Waals surface area contributed by atoms with Crippen LogP contribution in [0.4, 0.5) is 5.69 Å². The lowest BCUT2D eigenvalue weighted by atomic mass is 10.0. The number of hydrogen-bond donors (Lipinski definition) is 3. The number of carboxylic acids is 1. The Hall–Kier alpha value is -4.22. The molecule has 0 radical (unpaired) electrons. The van der Waals surface area contributed by atoms with E-state index < -0.39 is 33.4 Å². The lowest BCUT2D eigenvalue weighted by Crippen LogP contribution is -2.51. The first-order valence-electron chi connectivity index (χ1n) is 16.6. The third-order valence-corrected chi connectivity index (χ3v) is 11.8. The van der Waals surface area contributed by atoms with Gasteiger partial charge in [-0.2, -0.15) is 4.31 Å². The van der Waals surface area contributed by atoms with Gasteiger partial charge in [-0.3, -0.25) is 4.79 Å². The van der Waals surface area contributed by atoms with Crippen LogP contribution in [0.25, 0.3) is 11.1 Å². The van der Waals surface area contributed by atoms with Crippen molar-refractivity contribution in [3.8, 4) is 11.1 Å². The van der Waals surface area contributed by atoms with Crippen LogP contribution in [0.15, 0.2) is 102 Å². The first kappa shape index (κ1) is 34.6. The van der Waals surface area contributed by atoms with Crippen molar-refractivity contribution >= 4 is 39.2 Å². The summed E-state index contributed by atoms with van der Waals surface area (Å²) in [6, 6.07) is 27.8. The molecule has 6 rings (SSSR count). The number of likely N-dealkylation sites (tertiary alicyclic amines) is 1. The van der Waals surface area contributed by atoms with Gasteiger partial charge in [0.25, 0.3) is 0 Å². The summed E-state index contributed by atoms with van der Waals surface area (Å²) < 4.78 is 30.6. The number of aromatic carboxylic acids is 1. The minimum Gasteiger partial charge on any atom is -0.478 e. The Balaban J connectivity index is 1.34. The fourth-order valence-corrected chi connectivity index (χ4v) is 8.80. The molecule has 256 valence electrons. The number of nitrogens with one attached hydrogen (secondary N) is 2. The van der Waals surface area contributed by atoms with Gasteiger partial charge in [0, 0.05) is 43.3 Å². The van der Waals surface area contributed by atoms with E-state index in [2.05, 4.69) is 15.5 Å². The van der Waals surface area contributed by atoms with Crippen molar-refractivity contribution in [2.45, 2.75) is 48.6 Å². The lowest BCUT2D eigenvalue weighted by Gasteiger charge is -2.31. The average Bonchev–Trinajstić information content (AvgIpc) is 3.88. The van der Waals surface area contributed by atoms with Crippen molar-refractivity contribution in [2.24, 2.45) is 0 Å². The zero-order chi connectivity index (χ0) is 34.6. The molecule has 0 unspecified atom stereocenters. The highest BCUT2D eigenvalue weighted by Crippen LogP contribution is 2.58. The van der Waals surface area contributed by atoms with Gasteiger partial charge in [0.05, 0.1) is 10.5 Å². The predicted octanol–water partition coefficient (Wildman–Crippen LogP) is 6.47. The van der Waals surface area contributed by atoms with Crippen LogP contribution in [-0.2, 0) is 21.4 Å². The molecule has 1 saturated heterocycles. The Morgan fingerprint density at radius 2 is 1.59 bits per heavy atom. The Morgan fingerprint density at radius 1 is 0.918 bits per heavy atom. The average molecular weight is 701 g/mol. The van der Waals surface area contributed by atoms with Crippen LogP contribution >= 0.6 is 11.6 Å². The van der Waals surface area contributed by atoms with Crippen LogP contribution in [0.1, 0.15) is 53.1 Å². The predicted molar refractivity (Wildman–Crippen MR) is 192 cm³/mol. The summed E-state index contributed by atoms with van der Waals surface area (Å²) >= 11 is 6.06.